The van der Waals surface area contributed by atoms with Crippen molar-refractivity contribution in [2.24, 2.45) is 0 Å². The fourth-order valence-corrected chi connectivity index (χ4v) is 5.35. The van der Waals surface area contributed by atoms with Crippen LogP contribution in [0, 0.1) is 5.82 Å². The highest BCUT2D eigenvalue weighted by atomic mass is 35.5. The van der Waals surface area contributed by atoms with Crippen LogP contribution in [-0.4, -0.2) is 24.5 Å². The number of aromatic nitrogens is 2. The van der Waals surface area contributed by atoms with Gasteiger partial charge in [0.05, 0.1) is 10.6 Å². The molecule has 0 saturated carbocycles. The maximum Gasteiger partial charge on any atom is 0.270 e. The number of sulfonamides is 1. The van der Waals surface area contributed by atoms with Crippen LogP contribution in [0.3, 0.4) is 0 Å². The van der Waals surface area contributed by atoms with Crippen LogP contribution in [0.4, 0.5) is 9.52 Å². The van der Waals surface area contributed by atoms with Gasteiger partial charge in [0, 0.05) is 11.6 Å². The van der Waals surface area contributed by atoms with E-state index in [0.717, 1.165) is 5.56 Å². The number of carbonyl (C=O) groups excluding carboxylic acids is 1. The van der Waals surface area contributed by atoms with Crippen LogP contribution in [0.5, 0.6) is 5.75 Å². The summed E-state index contributed by atoms with van der Waals surface area (Å²) in [4.78, 5) is 12.4. The molecule has 1 heterocycles. The minimum absolute atomic E-state index is 0.00221. The molecular formula is C23H17Cl2FN4O4S2. The van der Waals surface area contributed by atoms with Crippen LogP contribution in [-0.2, 0) is 23.2 Å². The van der Waals surface area contributed by atoms with Gasteiger partial charge >= 0.3 is 0 Å². The number of nitrogens with one attached hydrogen (secondary N) is 2. The Kier molecular flexibility index (Phi) is 8.17. The first-order valence-corrected chi connectivity index (χ1v) is 13.3. The molecule has 0 aliphatic rings. The van der Waals surface area contributed by atoms with Crippen molar-refractivity contribution in [1.29, 1.82) is 0 Å². The summed E-state index contributed by atoms with van der Waals surface area (Å²) in [5.41, 5.74) is 1.66. The van der Waals surface area contributed by atoms with Gasteiger partial charge in [-0.05, 0) is 53.6 Å². The van der Waals surface area contributed by atoms with Crippen molar-refractivity contribution in [2.75, 3.05) is 5.32 Å². The summed E-state index contributed by atoms with van der Waals surface area (Å²) in [6, 6.07) is 17.2. The van der Waals surface area contributed by atoms with Gasteiger partial charge < -0.3 is 4.74 Å². The Labute approximate surface area is 220 Å². The van der Waals surface area contributed by atoms with Gasteiger partial charge in [-0.15, -0.1) is 10.2 Å². The summed E-state index contributed by atoms with van der Waals surface area (Å²) < 4.78 is 46.0. The number of anilines is 1. The smallest absolute Gasteiger partial charge is 0.270 e. The lowest BCUT2D eigenvalue weighted by molar-refractivity contribution is 0.102. The maximum atomic E-state index is 13.0. The topological polar surface area (TPSA) is 110 Å². The van der Waals surface area contributed by atoms with Crippen molar-refractivity contribution < 1.29 is 22.3 Å². The zero-order chi connectivity index (χ0) is 25.7. The van der Waals surface area contributed by atoms with Crippen molar-refractivity contribution in [3.63, 3.8) is 0 Å². The minimum Gasteiger partial charge on any atom is -0.489 e. The Morgan fingerprint density at radius 3 is 2.36 bits per heavy atom. The standard InChI is InChI=1S/C23H17Cl2FN4O4S2/c24-16-5-10-19(20(25)11-16)21(31)28-22-29-30-23(35-22)36(32,33)27-12-14-3-8-18(9-4-14)34-13-15-1-6-17(26)7-2-15/h1-11,27H,12-13H2,(H,28,29,31). The normalized spacial score (nSPS) is 11.3. The second-order valence-electron chi connectivity index (χ2n) is 7.34. The predicted octanol–water partition coefficient (Wildman–Crippen LogP) is 5.29. The average molecular weight is 567 g/mol. The van der Waals surface area contributed by atoms with Gasteiger partial charge in [-0.25, -0.2) is 17.5 Å². The van der Waals surface area contributed by atoms with E-state index in [0.29, 0.717) is 27.7 Å². The van der Waals surface area contributed by atoms with Gasteiger partial charge in [0.2, 0.25) is 9.47 Å². The lowest BCUT2D eigenvalue weighted by Gasteiger charge is -2.08. The molecule has 0 unspecified atom stereocenters. The summed E-state index contributed by atoms with van der Waals surface area (Å²) in [6.07, 6.45) is 0. The van der Waals surface area contributed by atoms with E-state index in [1.165, 1.54) is 30.3 Å². The Bertz CT molecular complexity index is 1480. The second kappa shape index (κ2) is 11.3. The summed E-state index contributed by atoms with van der Waals surface area (Å²) >= 11 is 12.6. The van der Waals surface area contributed by atoms with Crippen LogP contribution >= 0.6 is 34.5 Å². The van der Waals surface area contributed by atoms with Gasteiger partial charge in [0.15, 0.2) is 0 Å². The maximum absolute atomic E-state index is 13.0. The molecule has 1 amide bonds. The number of hydrogen-bond acceptors (Lipinski definition) is 7. The van der Waals surface area contributed by atoms with Crippen molar-refractivity contribution in [3.8, 4) is 5.75 Å². The third kappa shape index (κ3) is 6.77. The molecule has 4 aromatic rings. The number of amides is 1. The van der Waals surface area contributed by atoms with Gasteiger partial charge in [0.1, 0.15) is 18.2 Å². The largest absolute Gasteiger partial charge is 0.489 e. The zero-order valence-corrected chi connectivity index (χ0v) is 21.4. The molecule has 0 spiro atoms. The summed E-state index contributed by atoms with van der Waals surface area (Å²) in [5.74, 6) is -0.314. The molecule has 3 aromatic carbocycles. The Morgan fingerprint density at radius 1 is 0.972 bits per heavy atom. The van der Waals surface area contributed by atoms with Crippen LogP contribution in [0.25, 0.3) is 0 Å². The molecule has 8 nitrogen and oxygen atoms in total. The highest BCUT2D eigenvalue weighted by Gasteiger charge is 2.21. The molecule has 0 atom stereocenters. The molecule has 186 valence electrons. The highest BCUT2D eigenvalue weighted by Crippen LogP contribution is 2.24. The molecule has 13 heteroatoms. The molecule has 4 rings (SSSR count). The number of ether oxygens (including phenoxy) is 1. The molecule has 0 fully saturated rings. The lowest BCUT2D eigenvalue weighted by Crippen LogP contribution is -2.23. The molecule has 36 heavy (non-hydrogen) atoms. The van der Waals surface area contributed by atoms with Crippen molar-refractivity contribution in [1.82, 2.24) is 14.9 Å². The summed E-state index contributed by atoms with van der Waals surface area (Å²) in [6.45, 7) is 0.272. The van der Waals surface area contributed by atoms with E-state index >= 15 is 0 Å². The van der Waals surface area contributed by atoms with E-state index in [1.54, 1.807) is 36.4 Å². The molecule has 0 saturated heterocycles. The van der Waals surface area contributed by atoms with E-state index in [-0.39, 0.29) is 39.0 Å². The molecular weight excluding hydrogens is 550 g/mol. The summed E-state index contributed by atoms with van der Waals surface area (Å²) in [7, 11) is -3.97. The Balaban J connectivity index is 1.32. The van der Waals surface area contributed by atoms with Gasteiger partial charge in [0.25, 0.3) is 15.9 Å². The van der Waals surface area contributed by atoms with E-state index in [9.17, 15) is 17.6 Å². The lowest BCUT2D eigenvalue weighted by atomic mass is 10.2. The predicted molar refractivity (Wildman–Crippen MR) is 136 cm³/mol. The van der Waals surface area contributed by atoms with E-state index in [1.807, 2.05) is 0 Å². The fraction of sp³-hybridized carbons (Fsp3) is 0.0870. The van der Waals surface area contributed by atoms with Gasteiger partial charge in [-0.1, -0.05) is 58.8 Å². The quantitative estimate of drug-likeness (QED) is 0.266. The van der Waals surface area contributed by atoms with Crippen LogP contribution in [0.1, 0.15) is 21.5 Å². The van der Waals surface area contributed by atoms with Gasteiger partial charge in [-0.3, -0.25) is 10.1 Å². The molecule has 0 aliphatic heterocycles. The van der Waals surface area contributed by atoms with Crippen LogP contribution < -0.4 is 14.8 Å². The third-order valence-corrected chi connectivity index (χ3v) is 7.90. The number of benzene rings is 3. The molecule has 2 N–H and O–H groups in total. The third-order valence-electron chi connectivity index (χ3n) is 4.74. The highest BCUT2D eigenvalue weighted by molar-refractivity contribution is 7.91. The molecule has 1 aromatic heterocycles. The minimum atomic E-state index is -3.97. The molecule has 0 bridgehead atoms. The monoisotopic (exact) mass is 566 g/mol. The molecule has 0 aliphatic carbocycles. The Hall–Kier alpha value is -3.09. The SMILES string of the molecule is O=C(Nc1nnc(S(=O)(=O)NCc2ccc(OCc3ccc(F)cc3)cc2)s1)c1ccc(Cl)cc1Cl. The van der Waals surface area contributed by atoms with E-state index in [2.05, 4.69) is 20.2 Å². The summed E-state index contributed by atoms with van der Waals surface area (Å²) in [5, 5.41) is 10.4. The average Bonchev–Trinajstić information content (AvgIpc) is 3.32. The number of rotatable bonds is 9. The van der Waals surface area contributed by atoms with Crippen LogP contribution in [0.2, 0.25) is 10.0 Å². The number of hydrogen-bond donors (Lipinski definition) is 2. The first-order valence-electron chi connectivity index (χ1n) is 10.3. The second-order valence-corrected chi connectivity index (χ2v) is 11.1. The molecule has 0 radical (unpaired) electrons. The zero-order valence-electron chi connectivity index (χ0n) is 18.2. The first kappa shape index (κ1) is 26.0. The number of nitrogens with zero attached hydrogens (tertiary/aromatic N) is 2. The van der Waals surface area contributed by atoms with Crippen molar-refractivity contribution in [2.45, 2.75) is 17.5 Å². The first-order chi connectivity index (χ1) is 17.2. The van der Waals surface area contributed by atoms with E-state index < -0.39 is 15.9 Å². The van der Waals surface area contributed by atoms with Gasteiger partial charge in [-0.2, -0.15) is 0 Å². The van der Waals surface area contributed by atoms with Crippen molar-refractivity contribution >= 4 is 55.6 Å². The van der Waals surface area contributed by atoms with Crippen LogP contribution in [0.15, 0.2) is 71.1 Å². The fourth-order valence-electron chi connectivity index (χ4n) is 2.90. The number of carbonyl (C=O) groups is 1. The van der Waals surface area contributed by atoms with E-state index in [4.69, 9.17) is 27.9 Å². The number of halogens is 3. The van der Waals surface area contributed by atoms with Crippen molar-refractivity contribution in [3.05, 3.63) is 99.3 Å². The Morgan fingerprint density at radius 2 is 1.67 bits per heavy atom.